The van der Waals surface area contributed by atoms with Crippen molar-refractivity contribution in [2.75, 3.05) is 0 Å². The maximum absolute atomic E-state index is 9.24. The van der Waals surface area contributed by atoms with Crippen molar-refractivity contribution in [2.45, 2.75) is 0 Å². The summed E-state index contributed by atoms with van der Waals surface area (Å²) in [5.41, 5.74) is 0. The van der Waals surface area contributed by atoms with Gasteiger partial charge in [0.1, 0.15) is 0 Å². The van der Waals surface area contributed by atoms with E-state index >= 15 is 0 Å². The van der Waals surface area contributed by atoms with E-state index in [1.807, 2.05) is 0 Å². The van der Waals surface area contributed by atoms with Crippen LogP contribution in [0.1, 0.15) is 0 Å². The number of rotatable bonds is 1. The molecule has 1 unspecified atom stereocenters. The molecule has 38 valence electrons. The Morgan fingerprint density at radius 3 is 2.00 bits per heavy atom. The number of phosphoric acid groups is 1. The molecule has 0 saturated carbocycles. The number of hydrogen-bond acceptors (Lipinski definition) is 4. The van der Waals surface area contributed by atoms with E-state index < -0.39 is 7.82 Å². The van der Waals surface area contributed by atoms with Crippen LogP contribution in [0.2, 0.25) is 0 Å². The summed E-state index contributed by atoms with van der Waals surface area (Å²) in [6.45, 7) is 0. The van der Waals surface area contributed by atoms with Crippen LogP contribution in [0.4, 0.5) is 0 Å². The average molecular weight is 151 g/mol. The van der Waals surface area contributed by atoms with Gasteiger partial charge in [0, 0.05) is 0 Å². The van der Waals surface area contributed by atoms with Crippen molar-refractivity contribution in [2.24, 2.45) is 5.90 Å². The summed E-state index contributed by atoms with van der Waals surface area (Å²) in [7, 11) is -4.62. The summed E-state index contributed by atoms with van der Waals surface area (Å²) in [4.78, 5) is 16.7. The first-order valence-corrected chi connectivity index (χ1v) is 2.48. The fourth-order valence-corrected chi connectivity index (χ4v) is 0. The Hall–Kier alpha value is 1.71. The van der Waals surface area contributed by atoms with Crippen molar-refractivity contribution in [1.29, 1.82) is 0 Å². The van der Waals surface area contributed by atoms with E-state index in [2.05, 4.69) is 10.5 Å². The van der Waals surface area contributed by atoms with Gasteiger partial charge in [0.2, 0.25) is 0 Å². The van der Waals surface area contributed by atoms with Gasteiger partial charge in [-0.15, -0.1) is 0 Å². The Morgan fingerprint density at radius 2 is 2.00 bits per heavy atom. The summed E-state index contributed by atoms with van der Waals surface area (Å²) in [6, 6.07) is 0. The second-order valence-electron chi connectivity index (χ2n) is 0.574. The van der Waals surface area contributed by atoms with E-state index in [1.165, 1.54) is 0 Å². The molecule has 0 aromatic heterocycles. The quantitative estimate of drug-likeness (QED) is 0.223. The van der Waals surface area contributed by atoms with Gasteiger partial charge in [-0.05, 0) is 0 Å². The van der Waals surface area contributed by atoms with Crippen LogP contribution in [-0.4, -0.2) is 4.89 Å². The van der Waals surface area contributed by atoms with Gasteiger partial charge in [-0.25, -0.2) is 10.5 Å². The third-order valence-corrected chi connectivity index (χ3v) is 0.400. The van der Waals surface area contributed by atoms with Gasteiger partial charge in [-0.3, -0.25) is 4.57 Å². The molecule has 0 aliphatic heterocycles. The molecule has 0 aliphatic rings. The molecule has 0 fully saturated rings. The Bertz CT molecular complexity index is 75.8. The third kappa shape index (κ3) is 11.3. The molecule has 0 amide bonds. The maximum atomic E-state index is 9.24. The molecule has 0 aromatic rings. The Kier molecular flexibility index (Phi) is 7.51. The van der Waals surface area contributed by atoms with Crippen molar-refractivity contribution < 1.29 is 70.4 Å². The summed E-state index contributed by atoms with van der Waals surface area (Å²) < 4.78 is 12.2. The van der Waals surface area contributed by atoms with Crippen LogP contribution in [0.3, 0.4) is 0 Å². The Morgan fingerprint density at radius 1 is 1.86 bits per heavy atom. The first kappa shape index (κ1) is 11.5. The van der Waals surface area contributed by atoms with E-state index in [9.17, 15) is 9.46 Å². The molecule has 0 bridgehead atoms. The molecule has 3 N–H and O–H groups in total. The van der Waals surface area contributed by atoms with Crippen LogP contribution in [0, 0.1) is 0 Å². The molecule has 0 aliphatic carbocycles. The minimum atomic E-state index is -4.62. The third-order valence-electron chi connectivity index (χ3n) is 0.133. The van der Waals surface area contributed by atoms with E-state index in [-0.39, 0.29) is 51.4 Å². The first-order chi connectivity index (χ1) is 2.56. The van der Waals surface area contributed by atoms with Gasteiger partial charge in [-0.2, -0.15) is 0 Å². The van der Waals surface area contributed by atoms with Crippen molar-refractivity contribution in [1.82, 2.24) is 0 Å². The van der Waals surface area contributed by atoms with E-state index in [0.717, 1.165) is 0 Å². The second kappa shape index (κ2) is 4.57. The molecule has 0 spiro atoms. The van der Waals surface area contributed by atoms with Crippen LogP contribution < -0.4 is 62.2 Å². The van der Waals surface area contributed by atoms with Crippen LogP contribution in [0.15, 0.2) is 0 Å². The zero-order valence-electron chi connectivity index (χ0n) is 3.70. The minimum absolute atomic E-state index is 0. The monoisotopic (exact) mass is 151 g/mol. The minimum Gasteiger partial charge on any atom is -0.755 e. The summed E-state index contributed by atoms with van der Waals surface area (Å²) in [6.07, 6.45) is 0. The van der Waals surface area contributed by atoms with Crippen LogP contribution in [0.25, 0.3) is 0 Å². The molecule has 0 radical (unpaired) electrons. The van der Waals surface area contributed by atoms with Gasteiger partial charge < -0.3 is 9.79 Å². The molecule has 7 heavy (non-hydrogen) atoms. The first-order valence-electron chi connectivity index (χ1n) is 0.983. The molecular weight excluding hydrogens is 148 g/mol. The second-order valence-corrected chi connectivity index (χ2v) is 1.72. The molecule has 1 atom stereocenters. The average Bonchev–Trinajstić information content (AvgIpc) is 1.35. The van der Waals surface area contributed by atoms with Crippen molar-refractivity contribution in [3.8, 4) is 0 Å². The summed E-state index contributed by atoms with van der Waals surface area (Å²) in [5, 5.41) is 0. The summed E-state index contributed by atoms with van der Waals surface area (Å²) >= 11 is 0. The molecular formula is H3KNO4P. The van der Waals surface area contributed by atoms with Crippen molar-refractivity contribution in [3.63, 3.8) is 0 Å². The van der Waals surface area contributed by atoms with Gasteiger partial charge in [0.15, 0.2) is 0 Å². The zero-order valence-corrected chi connectivity index (χ0v) is 7.71. The van der Waals surface area contributed by atoms with Crippen molar-refractivity contribution >= 4 is 7.82 Å². The number of nitrogens with two attached hydrogens (primary N) is 1. The van der Waals surface area contributed by atoms with E-state index in [4.69, 9.17) is 4.89 Å². The fraction of sp³-hybridized carbons (Fsp3) is 0. The fourth-order valence-electron chi connectivity index (χ4n) is 0. The SMILES string of the molecule is NOP(=O)([O-])O.[K+]. The van der Waals surface area contributed by atoms with Crippen LogP contribution in [-0.2, 0) is 9.19 Å². The Labute approximate surface area is 82.8 Å². The molecule has 0 aromatic carbocycles. The van der Waals surface area contributed by atoms with Gasteiger partial charge in [0.25, 0.3) is 7.82 Å². The predicted molar refractivity (Wildman–Crippen MR) is 15.1 cm³/mol. The normalized spacial score (nSPS) is 17.0. The van der Waals surface area contributed by atoms with Crippen LogP contribution >= 0.6 is 7.82 Å². The molecule has 7 heteroatoms. The predicted octanol–water partition coefficient (Wildman–Crippen LogP) is -4.66. The van der Waals surface area contributed by atoms with Crippen molar-refractivity contribution in [3.05, 3.63) is 0 Å². The molecule has 0 saturated heterocycles. The Balaban J connectivity index is 0. The van der Waals surface area contributed by atoms with Gasteiger partial charge >= 0.3 is 51.4 Å². The maximum Gasteiger partial charge on any atom is 1.00 e. The molecule has 5 nitrogen and oxygen atoms in total. The number of hydrogen-bond donors (Lipinski definition) is 2. The van der Waals surface area contributed by atoms with Gasteiger partial charge in [-0.1, -0.05) is 0 Å². The standard InChI is InChI=1S/K.H4NO4P/c;1-5-6(2,3)4/h;1H2,(H2,2,3,4)/q+1;/p-1. The topological polar surface area (TPSA) is 95.6 Å². The van der Waals surface area contributed by atoms with Gasteiger partial charge in [0.05, 0.1) is 0 Å². The van der Waals surface area contributed by atoms with E-state index in [0.29, 0.717) is 0 Å². The largest absolute Gasteiger partial charge is 1.00 e. The zero-order chi connectivity index (χ0) is 5.21. The molecule has 0 heterocycles. The van der Waals surface area contributed by atoms with E-state index in [1.54, 1.807) is 0 Å². The molecule has 0 rings (SSSR count). The smallest absolute Gasteiger partial charge is 0.755 e. The van der Waals surface area contributed by atoms with Crippen LogP contribution in [0.5, 0.6) is 0 Å². The summed E-state index contributed by atoms with van der Waals surface area (Å²) in [5.74, 6) is 3.98.